The van der Waals surface area contributed by atoms with Crippen molar-refractivity contribution in [1.29, 1.82) is 0 Å². The smallest absolute Gasteiger partial charge is 0.0239 e. The van der Waals surface area contributed by atoms with Gasteiger partial charge < -0.3 is 5.32 Å². The van der Waals surface area contributed by atoms with Crippen LogP contribution >= 0.6 is 0 Å². The van der Waals surface area contributed by atoms with Crippen molar-refractivity contribution >= 4 is 0 Å². The number of fused-ring (bicyclic) bond motifs is 1. The van der Waals surface area contributed by atoms with Crippen LogP contribution in [0.15, 0.2) is 18.2 Å². The highest BCUT2D eigenvalue weighted by Crippen LogP contribution is 2.21. The monoisotopic (exact) mass is 274 g/mol. The molecule has 0 saturated heterocycles. The van der Waals surface area contributed by atoms with Crippen LogP contribution in [0.25, 0.3) is 0 Å². The molecule has 1 N–H and O–H groups in total. The topological polar surface area (TPSA) is 15.3 Å². The maximum Gasteiger partial charge on any atom is 0.0239 e. The zero-order valence-corrected chi connectivity index (χ0v) is 13.4. The second-order valence-corrected chi connectivity index (χ2v) is 6.06. The van der Waals surface area contributed by atoms with Gasteiger partial charge in [-0.05, 0) is 56.0 Å². The molecule has 1 aromatic carbocycles. The highest BCUT2D eigenvalue weighted by Gasteiger charge is 2.17. The SMILES string of the molecule is CCCCN(Cc1cccc2c1CCNC2)C(C)CC. The van der Waals surface area contributed by atoms with Crippen molar-refractivity contribution < 1.29 is 0 Å². The van der Waals surface area contributed by atoms with Crippen molar-refractivity contribution in [3.8, 4) is 0 Å². The van der Waals surface area contributed by atoms with Crippen LogP contribution in [0.4, 0.5) is 0 Å². The summed E-state index contributed by atoms with van der Waals surface area (Å²) in [6, 6.07) is 7.53. The molecule has 0 aromatic heterocycles. The molecule has 0 amide bonds. The minimum Gasteiger partial charge on any atom is -0.312 e. The Hall–Kier alpha value is -0.860. The maximum atomic E-state index is 3.48. The van der Waals surface area contributed by atoms with Gasteiger partial charge >= 0.3 is 0 Å². The molecule has 0 bridgehead atoms. The fraction of sp³-hybridized carbons (Fsp3) is 0.667. The van der Waals surface area contributed by atoms with Gasteiger partial charge in [-0.2, -0.15) is 0 Å². The van der Waals surface area contributed by atoms with Gasteiger partial charge in [0.2, 0.25) is 0 Å². The lowest BCUT2D eigenvalue weighted by Crippen LogP contribution is -2.34. The van der Waals surface area contributed by atoms with Crippen molar-refractivity contribution in [3.63, 3.8) is 0 Å². The number of benzene rings is 1. The summed E-state index contributed by atoms with van der Waals surface area (Å²) >= 11 is 0. The molecule has 0 aliphatic carbocycles. The summed E-state index contributed by atoms with van der Waals surface area (Å²) < 4.78 is 0. The molecule has 1 aliphatic heterocycles. The van der Waals surface area contributed by atoms with Crippen molar-refractivity contribution in [2.24, 2.45) is 0 Å². The van der Waals surface area contributed by atoms with Crippen LogP contribution in [0.2, 0.25) is 0 Å². The van der Waals surface area contributed by atoms with E-state index in [0.717, 1.165) is 19.6 Å². The molecule has 1 heterocycles. The zero-order chi connectivity index (χ0) is 14.4. The van der Waals surface area contributed by atoms with E-state index in [-0.39, 0.29) is 0 Å². The molecule has 2 nitrogen and oxygen atoms in total. The Morgan fingerprint density at radius 3 is 2.90 bits per heavy atom. The standard InChI is InChI=1S/C18H30N2/c1-4-6-12-20(15(3)5-2)14-17-9-7-8-16-13-19-11-10-18(16)17/h7-9,15,19H,4-6,10-14H2,1-3H3. The highest BCUT2D eigenvalue weighted by molar-refractivity contribution is 5.37. The Morgan fingerprint density at radius 2 is 2.15 bits per heavy atom. The summed E-state index contributed by atoms with van der Waals surface area (Å²) in [5.41, 5.74) is 4.67. The molecule has 0 spiro atoms. The Bertz CT molecular complexity index is 414. The molecule has 20 heavy (non-hydrogen) atoms. The number of nitrogens with one attached hydrogen (secondary N) is 1. The van der Waals surface area contributed by atoms with E-state index in [1.807, 2.05) is 0 Å². The average Bonchev–Trinajstić information content (AvgIpc) is 2.50. The first-order valence-electron chi connectivity index (χ1n) is 8.30. The summed E-state index contributed by atoms with van der Waals surface area (Å²) in [6.07, 6.45) is 5.01. The van der Waals surface area contributed by atoms with E-state index < -0.39 is 0 Å². The third-order valence-electron chi connectivity index (χ3n) is 4.62. The Kier molecular flexibility index (Phi) is 6.06. The van der Waals surface area contributed by atoms with Crippen LogP contribution in [0.1, 0.15) is 56.7 Å². The maximum absolute atomic E-state index is 3.48. The molecule has 1 atom stereocenters. The van der Waals surface area contributed by atoms with Gasteiger partial charge in [0.15, 0.2) is 0 Å². The van der Waals surface area contributed by atoms with Gasteiger partial charge in [-0.15, -0.1) is 0 Å². The molecule has 1 aliphatic rings. The quantitative estimate of drug-likeness (QED) is 0.815. The van der Waals surface area contributed by atoms with Crippen LogP contribution in [0.3, 0.4) is 0 Å². The van der Waals surface area contributed by atoms with Gasteiger partial charge in [0.25, 0.3) is 0 Å². The first kappa shape index (κ1) is 15.5. The van der Waals surface area contributed by atoms with Crippen molar-refractivity contribution in [2.45, 2.75) is 65.6 Å². The van der Waals surface area contributed by atoms with Crippen LogP contribution < -0.4 is 5.32 Å². The summed E-state index contributed by atoms with van der Waals surface area (Å²) in [6.45, 7) is 11.5. The number of unbranched alkanes of at least 4 members (excludes halogenated alkanes) is 1. The summed E-state index contributed by atoms with van der Waals surface area (Å²) in [5, 5.41) is 3.48. The van der Waals surface area contributed by atoms with Crippen LogP contribution in [0, 0.1) is 0 Å². The number of nitrogens with zero attached hydrogens (tertiary/aromatic N) is 1. The number of hydrogen-bond donors (Lipinski definition) is 1. The first-order valence-corrected chi connectivity index (χ1v) is 8.30. The van der Waals surface area contributed by atoms with E-state index in [4.69, 9.17) is 0 Å². The van der Waals surface area contributed by atoms with E-state index >= 15 is 0 Å². The highest BCUT2D eigenvalue weighted by atomic mass is 15.1. The molecular formula is C18H30N2. The molecule has 1 aromatic rings. The Balaban J connectivity index is 2.13. The summed E-state index contributed by atoms with van der Waals surface area (Å²) in [7, 11) is 0. The van der Waals surface area contributed by atoms with Gasteiger partial charge in [-0.3, -0.25) is 4.90 Å². The van der Waals surface area contributed by atoms with E-state index in [2.05, 4.69) is 49.2 Å². The fourth-order valence-corrected chi connectivity index (χ4v) is 3.05. The molecule has 2 rings (SSSR count). The first-order chi connectivity index (χ1) is 9.76. The Labute approximate surface area is 124 Å². The molecule has 112 valence electrons. The van der Waals surface area contributed by atoms with Gasteiger partial charge in [-0.1, -0.05) is 38.5 Å². The lowest BCUT2D eigenvalue weighted by Gasteiger charge is -2.30. The molecule has 0 saturated carbocycles. The molecule has 2 heteroatoms. The predicted octanol–water partition coefficient (Wildman–Crippen LogP) is 3.73. The van der Waals surface area contributed by atoms with Crippen molar-refractivity contribution in [3.05, 3.63) is 34.9 Å². The van der Waals surface area contributed by atoms with E-state index in [1.54, 1.807) is 11.1 Å². The van der Waals surface area contributed by atoms with E-state index in [1.165, 1.54) is 37.8 Å². The summed E-state index contributed by atoms with van der Waals surface area (Å²) in [5.74, 6) is 0. The predicted molar refractivity (Wildman–Crippen MR) is 86.9 cm³/mol. The third kappa shape index (κ3) is 3.83. The minimum absolute atomic E-state index is 0.680. The third-order valence-corrected chi connectivity index (χ3v) is 4.62. The minimum atomic E-state index is 0.680. The fourth-order valence-electron chi connectivity index (χ4n) is 3.05. The molecular weight excluding hydrogens is 244 g/mol. The van der Waals surface area contributed by atoms with Gasteiger partial charge in [0.05, 0.1) is 0 Å². The Morgan fingerprint density at radius 1 is 1.30 bits per heavy atom. The van der Waals surface area contributed by atoms with Gasteiger partial charge in [0, 0.05) is 19.1 Å². The lowest BCUT2D eigenvalue weighted by molar-refractivity contribution is 0.191. The lowest BCUT2D eigenvalue weighted by atomic mass is 9.95. The number of rotatable bonds is 7. The van der Waals surface area contributed by atoms with Crippen molar-refractivity contribution in [2.75, 3.05) is 13.1 Å². The molecule has 0 radical (unpaired) electrons. The van der Waals surface area contributed by atoms with E-state index in [0.29, 0.717) is 6.04 Å². The second-order valence-electron chi connectivity index (χ2n) is 6.06. The van der Waals surface area contributed by atoms with E-state index in [9.17, 15) is 0 Å². The van der Waals surface area contributed by atoms with Gasteiger partial charge in [-0.25, -0.2) is 0 Å². The van der Waals surface area contributed by atoms with Crippen LogP contribution in [-0.4, -0.2) is 24.0 Å². The second kappa shape index (κ2) is 7.80. The summed E-state index contributed by atoms with van der Waals surface area (Å²) in [4.78, 5) is 2.67. The molecule has 0 fully saturated rings. The van der Waals surface area contributed by atoms with Gasteiger partial charge in [0.1, 0.15) is 0 Å². The number of hydrogen-bond acceptors (Lipinski definition) is 2. The largest absolute Gasteiger partial charge is 0.312 e. The van der Waals surface area contributed by atoms with Crippen LogP contribution in [-0.2, 0) is 19.5 Å². The van der Waals surface area contributed by atoms with Crippen LogP contribution in [0.5, 0.6) is 0 Å². The normalized spacial score (nSPS) is 16.2. The zero-order valence-electron chi connectivity index (χ0n) is 13.4. The average molecular weight is 274 g/mol. The van der Waals surface area contributed by atoms with Crippen molar-refractivity contribution in [1.82, 2.24) is 10.2 Å². The molecule has 1 unspecified atom stereocenters.